The van der Waals surface area contributed by atoms with Gasteiger partial charge in [0.2, 0.25) is 0 Å². The van der Waals surface area contributed by atoms with Crippen LogP contribution >= 0.6 is 11.8 Å². The van der Waals surface area contributed by atoms with Crippen molar-refractivity contribution < 1.29 is 18.4 Å². The molecule has 0 aromatic rings. The molecule has 0 aliphatic heterocycles. The molecule has 0 aliphatic rings. The molecule has 3 nitrogen and oxygen atoms in total. The Morgan fingerprint density at radius 3 is 2.27 bits per heavy atom. The lowest BCUT2D eigenvalue weighted by molar-refractivity contribution is -0.150. The summed E-state index contributed by atoms with van der Waals surface area (Å²) in [7, 11) is 0. The van der Waals surface area contributed by atoms with Crippen molar-refractivity contribution in [2.75, 3.05) is 11.5 Å². The Morgan fingerprint density at radius 1 is 1.40 bits per heavy atom. The average Bonchev–Trinajstić information content (AvgIpc) is 2.09. The van der Waals surface area contributed by atoms with Crippen LogP contribution in [-0.4, -0.2) is 28.7 Å². The van der Waals surface area contributed by atoms with Crippen LogP contribution in [0.4, 0.5) is 13.2 Å². The van der Waals surface area contributed by atoms with Gasteiger partial charge in [-0.25, -0.2) is 0 Å². The van der Waals surface area contributed by atoms with E-state index in [0.29, 0.717) is 11.7 Å². The van der Waals surface area contributed by atoms with Crippen molar-refractivity contribution in [1.29, 1.82) is 0 Å². The van der Waals surface area contributed by atoms with Crippen molar-refractivity contribution in [3.8, 4) is 0 Å². The van der Waals surface area contributed by atoms with Crippen LogP contribution in [0.1, 0.15) is 13.8 Å². The van der Waals surface area contributed by atoms with Gasteiger partial charge in [-0.3, -0.25) is 0 Å². The van der Waals surface area contributed by atoms with Gasteiger partial charge in [0.1, 0.15) is 5.92 Å². The fourth-order valence-corrected chi connectivity index (χ4v) is 2.04. The first-order chi connectivity index (χ1) is 6.79. The summed E-state index contributed by atoms with van der Waals surface area (Å²) in [6.45, 7) is 3.83. The zero-order valence-corrected chi connectivity index (χ0v) is 9.40. The first-order valence-corrected chi connectivity index (χ1v) is 5.56. The van der Waals surface area contributed by atoms with E-state index in [1.54, 1.807) is 0 Å². The van der Waals surface area contributed by atoms with E-state index in [1.165, 1.54) is 0 Å². The second-order valence-electron chi connectivity index (χ2n) is 3.55. The average molecular weight is 244 g/mol. The van der Waals surface area contributed by atoms with Crippen LogP contribution in [-0.2, 0) is 0 Å². The first-order valence-electron chi connectivity index (χ1n) is 4.41. The Labute approximate surface area is 90.9 Å². The van der Waals surface area contributed by atoms with E-state index in [4.69, 9.17) is 10.9 Å². The van der Waals surface area contributed by atoms with Gasteiger partial charge in [0.15, 0.2) is 5.84 Å². The third kappa shape index (κ3) is 5.76. The molecule has 1 atom stereocenters. The number of oxime groups is 1. The number of rotatable bonds is 5. The van der Waals surface area contributed by atoms with E-state index >= 15 is 0 Å². The van der Waals surface area contributed by atoms with Crippen LogP contribution in [0.25, 0.3) is 0 Å². The summed E-state index contributed by atoms with van der Waals surface area (Å²) in [6.07, 6.45) is -4.46. The SMILES string of the molecule is CC(C)CSCC(C(N)=NO)C(F)(F)F. The summed E-state index contributed by atoms with van der Waals surface area (Å²) < 4.78 is 37.2. The highest BCUT2D eigenvalue weighted by atomic mass is 32.2. The fraction of sp³-hybridized carbons (Fsp3) is 0.875. The van der Waals surface area contributed by atoms with E-state index in [0.717, 1.165) is 11.8 Å². The molecule has 7 heteroatoms. The lowest BCUT2D eigenvalue weighted by Crippen LogP contribution is -2.37. The highest BCUT2D eigenvalue weighted by Gasteiger charge is 2.42. The number of alkyl halides is 3. The minimum absolute atomic E-state index is 0.211. The summed E-state index contributed by atoms with van der Waals surface area (Å²) in [5.74, 6) is -1.93. The van der Waals surface area contributed by atoms with Crippen LogP contribution in [0, 0.1) is 11.8 Å². The van der Waals surface area contributed by atoms with Crippen molar-refractivity contribution in [2.45, 2.75) is 20.0 Å². The van der Waals surface area contributed by atoms with E-state index < -0.39 is 17.9 Å². The Hall–Kier alpha value is -0.590. The maximum atomic E-state index is 12.4. The molecule has 3 N–H and O–H groups in total. The van der Waals surface area contributed by atoms with Crippen LogP contribution in [0.15, 0.2) is 5.16 Å². The van der Waals surface area contributed by atoms with Crippen molar-refractivity contribution in [3.63, 3.8) is 0 Å². The molecule has 0 rings (SSSR count). The van der Waals surface area contributed by atoms with Crippen molar-refractivity contribution in [1.82, 2.24) is 0 Å². The van der Waals surface area contributed by atoms with Crippen molar-refractivity contribution in [2.24, 2.45) is 22.7 Å². The summed E-state index contributed by atoms with van der Waals surface area (Å²) in [5.41, 5.74) is 4.99. The van der Waals surface area contributed by atoms with Gasteiger partial charge in [0.05, 0.1) is 0 Å². The molecule has 0 radical (unpaired) electrons. The molecule has 0 aromatic heterocycles. The Bertz CT molecular complexity index is 218. The molecule has 0 amide bonds. The van der Waals surface area contributed by atoms with Gasteiger partial charge in [-0.2, -0.15) is 24.9 Å². The predicted molar refractivity (Wildman–Crippen MR) is 55.1 cm³/mol. The van der Waals surface area contributed by atoms with Crippen LogP contribution in [0.3, 0.4) is 0 Å². The summed E-state index contributed by atoms with van der Waals surface area (Å²) >= 11 is 1.15. The number of nitrogens with zero attached hydrogens (tertiary/aromatic N) is 1. The summed E-state index contributed by atoms with van der Waals surface area (Å²) in [4.78, 5) is 0. The van der Waals surface area contributed by atoms with E-state index in [9.17, 15) is 13.2 Å². The monoisotopic (exact) mass is 244 g/mol. The third-order valence-corrected chi connectivity index (χ3v) is 3.07. The smallest absolute Gasteiger partial charge is 0.399 e. The quantitative estimate of drug-likeness (QED) is 0.337. The normalized spacial score (nSPS) is 15.7. The number of hydrogen-bond donors (Lipinski definition) is 2. The lowest BCUT2D eigenvalue weighted by atomic mass is 10.1. The molecule has 15 heavy (non-hydrogen) atoms. The van der Waals surface area contributed by atoms with Gasteiger partial charge in [-0.15, -0.1) is 0 Å². The lowest BCUT2D eigenvalue weighted by Gasteiger charge is -2.18. The van der Waals surface area contributed by atoms with Gasteiger partial charge >= 0.3 is 6.18 Å². The van der Waals surface area contributed by atoms with Crippen LogP contribution < -0.4 is 5.73 Å². The second kappa shape index (κ2) is 6.09. The molecule has 0 saturated heterocycles. The second-order valence-corrected chi connectivity index (χ2v) is 4.63. The molecule has 0 saturated carbocycles. The van der Waals surface area contributed by atoms with E-state index in [1.807, 2.05) is 13.8 Å². The third-order valence-electron chi connectivity index (χ3n) is 1.60. The van der Waals surface area contributed by atoms with Gasteiger partial charge < -0.3 is 10.9 Å². The molecular weight excluding hydrogens is 229 g/mol. The van der Waals surface area contributed by atoms with Crippen LogP contribution in [0.5, 0.6) is 0 Å². The Balaban J connectivity index is 4.28. The highest BCUT2D eigenvalue weighted by Crippen LogP contribution is 2.29. The number of hydrogen-bond acceptors (Lipinski definition) is 3. The van der Waals surface area contributed by atoms with Gasteiger partial charge in [0.25, 0.3) is 0 Å². The van der Waals surface area contributed by atoms with Gasteiger partial charge in [-0.1, -0.05) is 19.0 Å². The molecule has 0 spiro atoms. The molecule has 0 aliphatic carbocycles. The zero-order valence-electron chi connectivity index (χ0n) is 8.58. The number of thioether (sulfide) groups is 1. The van der Waals surface area contributed by atoms with Crippen molar-refractivity contribution in [3.05, 3.63) is 0 Å². The number of halogens is 3. The minimum atomic E-state index is -4.46. The minimum Gasteiger partial charge on any atom is -0.409 e. The molecule has 0 bridgehead atoms. The molecule has 0 heterocycles. The Kier molecular flexibility index (Phi) is 5.85. The molecule has 1 unspecified atom stereocenters. The molecule has 0 aromatic carbocycles. The number of nitrogens with two attached hydrogens (primary N) is 1. The Morgan fingerprint density at radius 2 is 1.93 bits per heavy atom. The highest BCUT2D eigenvalue weighted by molar-refractivity contribution is 7.99. The standard InChI is InChI=1S/C8H15F3N2OS/c1-5(2)3-15-4-6(7(12)13-14)8(9,10)11/h5-6,14H,3-4H2,1-2H3,(H2,12,13). The van der Waals surface area contributed by atoms with E-state index in [-0.39, 0.29) is 5.75 Å². The predicted octanol–water partition coefficient (Wildman–Crippen LogP) is 2.30. The van der Waals surface area contributed by atoms with E-state index in [2.05, 4.69) is 5.16 Å². The maximum absolute atomic E-state index is 12.4. The molecular formula is C8H15F3N2OS. The maximum Gasteiger partial charge on any atom is 0.399 e. The molecule has 0 fully saturated rings. The van der Waals surface area contributed by atoms with Crippen molar-refractivity contribution >= 4 is 17.6 Å². The topological polar surface area (TPSA) is 58.6 Å². The number of amidine groups is 1. The van der Waals surface area contributed by atoms with Crippen LogP contribution in [0.2, 0.25) is 0 Å². The zero-order chi connectivity index (χ0) is 12.1. The largest absolute Gasteiger partial charge is 0.409 e. The fourth-order valence-electron chi connectivity index (χ4n) is 0.839. The molecule has 90 valence electrons. The summed E-state index contributed by atoms with van der Waals surface area (Å²) in [6, 6.07) is 0. The first kappa shape index (κ1) is 14.4. The van der Waals surface area contributed by atoms with Gasteiger partial charge in [0, 0.05) is 5.75 Å². The summed E-state index contributed by atoms with van der Waals surface area (Å²) in [5, 5.41) is 10.6. The van der Waals surface area contributed by atoms with Gasteiger partial charge in [-0.05, 0) is 11.7 Å².